The van der Waals surface area contributed by atoms with Crippen LogP contribution in [0, 0.1) is 22.9 Å². The number of halogens is 1. The smallest absolute Gasteiger partial charge is 0.365 e. The first kappa shape index (κ1) is 13.9. The van der Waals surface area contributed by atoms with Crippen molar-refractivity contribution in [3.63, 3.8) is 0 Å². The number of hydrogen-bond donors (Lipinski definition) is 1. The molecule has 0 fully saturated rings. The monoisotopic (exact) mass is 298 g/mol. The van der Waals surface area contributed by atoms with Crippen molar-refractivity contribution in [2.24, 2.45) is 0 Å². The molecule has 2 rings (SSSR count). The van der Waals surface area contributed by atoms with Crippen molar-refractivity contribution in [1.29, 1.82) is 0 Å². The summed E-state index contributed by atoms with van der Waals surface area (Å²) in [6, 6.07) is 2.89. The van der Waals surface area contributed by atoms with Crippen LogP contribution in [-0.4, -0.2) is 21.0 Å². The van der Waals surface area contributed by atoms with E-state index in [2.05, 4.69) is 4.98 Å². The number of benzene rings is 1. The maximum atomic E-state index is 13.6. The van der Waals surface area contributed by atoms with Crippen LogP contribution in [0.4, 0.5) is 10.1 Å². The summed E-state index contributed by atoms with van der Waals surface area (Å²) in [4.78, 5) is 24.7. The second-order valence-electron chi connectivity index (χ2n) is 3.66. The molecule has 0 atom stereocenters. The number of nitrogens with zero attached hydrogens (tertiary/aromatic N) is 2. The van der Waals surface area contributed by atoms with Gasteiger partial charge in [-0.3, -0.25) is 10.1 Å². The van der Waals surface area contributed by atoms with Crippen LogP contribution >= 0.6 is 11.3 Å². The van der Waals surface area contributed by atoms with E-state index in [1.807, 2.05) is 0 Å². The summed E-state index contributed by atoms with van der Waals surface area (Å²) < 4.78 is 18.8. The minimum atomic E-state index is -1.21. The molecule has 0 radical (unpaired) electrons. The molecule has 20 heavy (non-hydrogen) atoms. The Hall–Kier alpha value is -2.55. The lowest BCUT2D eigenvalue weighted by Gasteiger charge is -2.04. The van der Waals surface area contributed by atoms with Gasteiger partial charge < -0.3 is 9.84 Å². The summed E-state index contributed by atoms with van der Waals surface area (Å²) in [5.41, 5.74) is -0.406. The number of thiazole rings is 1. The number of hydrogen-bond acceptors (Lipinski definition) is 6. The molecule has 7 nitrogen and oxygen atoms in total. The number of carbonyl (C=O) groups is 1. The number of nitro groups is 1. The van der Waals surface area contributed by atoms with Gasteiger partial charge in [0.05, 0.1) is 15.9 Å². The van der Waals surface area contributed by atoms with Gasteiger partial charge in [-0.25, -0.2) is 9.18 Å². The van der Waals surface area contributed by atoms with Gasteiger partial charge in [-0.05, 0) is 13.0 Å². The number of carboxylic acid groups (broad SMARTS) is 1. The Morgan fingerprint density at radius 3 is 2.75 bits per heavy atom. The van der Waals surface area contributed by atoms with Crippen LogP contribution in [0.3, 0.4) is 0 Å². The van der Waals surface area contributed by atoms with Crippen molar-refractivity contribution >= 4 is 23.0 Å². The van der Waals surface area contributed by atoms with Crippen LogP contribution in [0.1, 0.15) is 14.7 Å². The van der Waals surface area contributed by atoms with E-state index < -0.39 is 22.4 Å². The fraction of sp³-hybridized carbons (Fsp3) is 0.0909. The van der Waals surface area contributed by atoms with E-state index in [0.717, 1.165) is 29.5 Å². The number of carboxylic acids is 1. The minimum absolute atomic E-state index is 0.0415. The highest BCUT2D eigenvalue weighted by Crippen LogP contribution is 2.31. The third-order valence-electron chi connectivity index (χ3n) is 2.27. The summed E-state index contributed by atoms with van der Waals surface area (Å²) in [6.45, 7) is 1.57. The largest absolute Gasteiger partial charge is 0.476 e. The number of aryl methyl sites for hydroxylation is 1. The molecule has 0 aliphatic carbocycles. The SMILES string of the molecule is Cc1sc(C(=O)O)nc1Oc1ccc([N+](=O)[O-])cc1F. The molecule has 1 heterocycles. The average Bonchev–Trinajstić information content (AvgIpc) is 2.73. The quantitative estimate of drug-likeness (QED) is 0.687. The predicted molar refractivity (Wildman–Crippen MR) is 66.9 cm³/mol. The van der Waals surface area contributed by atoms with Gasteiger partial charge in [0.1, 0.15) is 0 Å². The van der Waals surface area contributed by atoms with Crippen LogP contribution in [0.15, 0.2) is 18.2 Å². The maximum absolute atomic E-state index is 13.6. The predicted octanol–water partition coefficient (Wildman–Crippen LogP) is 2.99. The van der Waals surface area contributed by atoms with E-state index in [1.165, 1.54) is 0 Å². The zero-order valence-electron chi connectivity index (χ0n) is 9.99. The average molecular weight is 298 g/mol. The Kier molecular flexibility index (Phi) is 3.61. The molecule has 0 spiro atoms. The Labute approximate surface area is 115 Å². The number of ether oxygens (including phenoxy) is 1. The summed E-state index contributed by atoms with van der Waals surface area (Å²) in [6.07, 6.45) is 0. The van der Waals surface area contributed by atoms with Crippen molar-refractivity contribution in [1.82, 2.24) is 4.98 Å². The normalized spacial score (nSPS) is 10.3. The highest BCUT2D eigenvalue weighted by Gasteiger charge is 2.17. The Morgan fingerprint density at radius 2 is 2.25 bits per heavy atom. The van der Waals surface area contributed by atoms with Crippen molar-refractivity contribution < 1.29 is 24.0 Å². The molecular formula is C11H7FN2O5S. The molecule has 0 saturated heterocycles. The lowest BCUT2D eigenvalue weighted by Crippen LogP contribution is -1.96. The van der Waals surface area contributed by atoms with Crippen molar-refractivity contribution in [2.75, 3.05) is 0 Å². The van der Waals surface area contributed by atoms with Crippen LogP contribution in [0.5, 0.6) is 11.6 Å². The second-order valence-corrected chi connectivity index (χ2v) is 4.86. The van der Waals surface area contributed by atoms with E-state index >= 15 is 0 Å². The van der Waals surface area contributed by atoms with Gasteiger partial charge in [0, 0.05) is 6.07 Å². The molecule has 0 bridgehead atoms. The molecule has 1 N–H and O–H groups in total. The van der Waals surface area contributed by atoms with Crippen LogP contribution in [0.25, 0.3) is 0 Å². The summed E-state index contributed by atoms with van der Waals surface area (Å²) in [5, 5.41) is 19.1. The Morgan fingerprint density at radius 1 is 1.55 bits per heavy atom. The number of aromatic carboxylic acids is 1. The first-order valence-electron chi connectivity index (χ1n) is 5.21. The Balaban J connectivity index is 2.30. The molecule has 2 aromatic rings. The Bertz CT molecular complexity index is 700. The van der Waals surface area contributed by atoms with Gasteiger partial charge >= 0.3 is 5.97 Å². The van der Waals surface area contributed by atoms with Crippen molar-refractivity contribution in [3.05, 3.63) is 44.0 Å². The number of aromatic nitrogens is 1. The molecular weight excluding hydrogens is 291 g/mol. The van der Waals surface area contributed by atoms with E-state index in [9.17, 15) is 19.3 Å². The number of rotatable bonds is 4. The molecule has 0 aliphatic rings. The highest BCUT2D eigenvalue weighted by molar-refractivity contribution is 7.13. The molecule has 0 aliphatic heterocycles. The molecule has 1 aromatic carbocycles. The van der Waals surface area contributed by atoms with E-state index in [0.29, 0.717) is 4.88 Å². The molecule has 0 unspecified atom stereocenters. The fourth-order valence-electron chi connectivity index (χ4n) is 1.36. The summed E-state index contributed by atoms with van der Waals surface area (Å²) >= 11 is 0.889. The highest BCUT2D eigenvalue weighted by atomic mass is 32.1. The van der Waals surface area contributed by atoms with Gasteiger partial charge in [0.2, 0.25) is 10.9 Å². The van der Waals surface area contributed by atoms with Crippen LogP contribution < -0.4 is 4.74 Å². The van der Waals surface area contributed by atoms with Crippen molar-refractivity contribution in [2.45, 2.75) is 6.92 Å². The van der Waals surface area contributed by atoms with E-state index in [4.69, 9.17) is 9.84 Å². The standard InChI is InChI=1S/C11H7FN2O5S/c1-5-9(13-10(20-5)11(15)16)19-8-3-2-6(14(17)18)4-7(8)12/h2-4H,1H3,(H,15,16). The maximum Gasteiger partial charge on any atom is 0.365 e. The third-order valence-corrected chi connectivity index (χ3v) is 3.21. The van der Waals surface area contributed by atoms with Gasteiger partial charge in [-0.2, -0.15) is 4.98 Å². The van der Waals surface area contributed by atoms with E-state index in [1.54, 1.807) is 6.92 Å². The molecule has 0 saturated carbocycles. The molecule has 104 valence electrons. The molecule has 1 aromatic heterocycles. The van der Waals surface area contributed by atoms with Gasteiger partial charge in [-0.1, -0.05) is 0 Å². The topological polar surface area (TPSA) is 103 Å². The van der Waals surface area contributed by atoms with Crippen LogP contribution in [-0.2, 0) is 0 Å². The minimum Gasteiger partial charge on any atom is -0.476 e. The van der Waals surface area contributed by atoms with E-state index in [-0.39, 0.29) is 16.6 Å². The molecule has 0 amide bonds. The lowest BCUT2D eigenvalue weighted by atomic mass is 10.3. The van der Waals surface area contributed by atoms with Gasteiger partial charge in [-0.15, -0.1) is 11.3 Å². The first-order chi connectivity index (χ1) is 9.38. The zero-order chi connectivity index (χ0) is 14.9. The zero-order valence-corrected chi connectivity index (χ0v) is 10.8. The third kappa shape index (κ3) is 2.72. The first-order valence-corrected chi connectivity index (χ1v) is 6.02. The van der Waals surface area contributed by atoms with Crippen LogP contribution in [0.2, 0.25) is 0 Å². The summed E-state index contributed by atoms with van der Waals surface area (Å²) in [5.74, 6) is -2.44. The summed E-state index contributed by atoms with van der Waals surface area (Å²) in [7, 11) is 0. The second kappa shape index (κ2) is 5.21. The number of non-ortho nitro benzene ring substituents is 1. The van der Waals surface area contributed by atoms with Crippen molar-refractivity contribution in [3.8, 4) is 11.6 Å². The fourth-order valence-corrected chi connectivity index (χ4v) is 2.04. The van der Waals surface area contributed by atoms with Gasteiger partial charge in [0.25, 0.3) is 5.69 Å². The van der Waals surface area contributed by atoms with Gasteiger partial charge in [0.15, 0.2) is 11.6 Å². The lowest BCUT2D eigenvalue weighted by molar-refractivity contribution is -0.385. The molecule has 9 heteroatoms. The number of nitro benzene ring substituents is 1.